The first kappa shape index (κ1) is 34.5. The SMILES string of the molecule is CCOC(=O)C1(CC2CC2)CNC(=O)CCCN(C(=O)c2ccccc2OC(F)F)CCNC(=O)COc2cc(ccc2OC)C1. The summed E-state index contributed by atoms with van der Waals surface area (Å²) < 4.78 is 47.4. The number of halogens is 2. The number of amides is 3. The molecule has 4 rings (SSSR count). The number of nitrogens with zero attached hydrogens (tertiary/aromatic N) is 1. The highest BCUT2D eigenvalue weighted by Crippen LogP contribution is 2.43. The largest absolute Gasteiger partial charge is 0.493 e. The van der Waals surface area contributed by atoms with Gasteiger partial charge < -0.3 is 34.5 Å². The van der Waals surface area contributed by atoms with E-state index in [1.165, 1.54) is 36.3 Å². The van der Waals surface area contributed by atoms with E-state index >= 15 is 0 Å². The number of para-hydroxylation sites is 1. The van der Waals surface area contributed by atoms with Crippen LogP contribution in [-0.4, -0.2) is 81.7 Å². The Hall–Kier alpha value is -4.42. The molecule has 0 spiro atoms. The second kappa shape index (κ2) is 16.2. The number of hydrogen-bond acceptors (Lipinski definition) is 8. The van der Waals surface area contributed by atoms with Gasteiger partial charge in [-0.25, -0.2) is 0 Å². The van der Waals surface area contributed by atoms with Crippen molar-refractivity contribution in [3.63, 3.8) is 0 Å². The van der Waals surface area contributed by atoms with Crippen molar-refractivity contribution in [1.82, 2.24) is 15.5 Å². The van der Waals surface area contributed by atoms with Gasteiger partial charge in [0.05, 0.1) is 24.7 Å². The van der Waals surface area contributed by atoms with E-state index in [2.05, 4.69) is 15.4 Å². The Morgan fingerprint density at radius 1 is 1.07 bits per heavy atom. The third-order valence-electron chi connectivity index (χ3n) is 7.99. The van der Waals surface area contributed by atoms with Gasteiger partial charge in [-0.1, -0.05) is 31.0 Å². The quantitative estimate of drug-likeness (QED) is 0.415. The number of ether oxygens (including phenoxy) is 4. The molecular weight excluding hydrogens is 604 g/mol. The monoisotopic (exact) mass is 645 g/mol. The molecule has 1 atom stereocenters. The Bertz CT molecular complexity index is 1390. The Labute approximate surface area is 266 Å². The summed E-state index contributed by atoms with van der Waals surface area (Å²) in [7, 11) is 1.47. The highest BCUT2D eigenvalue weighted by molar-refractivity contribution is 5.97. The second-order valence-corrected chi connectivity index (χ2v) is 11.5. The van der Waals surface area contributed by atoms with Crippen LogP contribution in [-0.2, 0) is 25.5 Å². The molecule has 1 heterocycles. The lowest BCUT2D eigenvalue weighted by Gasteiger charge is -2.32. The predicted molar refractivity (Wildman–Crippen MR) is 163 cm³/mol. The summed E-state index contributed by atoms with van der Waals surface area (Å²) in [6.45, 7) is -1.35. The lowest BCUT2D eigenvalue weighted by Crippen LogP contribution is -2.46. The van der Waals surface area contributed by atoms with E-state index in [1.54, 1.807) is 19.1 Å². The smallest absolute Gasteiger partial charge is 0.387 e. The first-order valence-electron chi connectivity index (χ1n) is 15.5. The zero-order valence-electron chi connectivity index (χ0n) is 26.2. The van der Waals surface area contributed by atoms with Gasteiger partial charge in [0.1, 0.15) is 5.75 Å². The van der Waals surface area contributed by atoms with Gasteiger partial charge in [-0.05, 0) is 61.9 Å². The first-order chi connectivity index (χ1) is 22.1. The Morgan fingerprint density at radius 3 is 2.57 bits per heavy atom. The van der Waals surface area contributed by atoms with E-state index in [-0.39, 0.29) is 75.9 Å². The molecule has 1 aliphatic heterocycles. The average molecular weight is 646 g/mol. The van der Waals surface area contributed by atoms with E-state index < -0.39 is 29.8 Å². The van der Waals surface area contributed by atoms with Crippen molar-refractivity contribution in [3.05, 3.63) is 53.6 Å². The summed E-state index contributed by atoms with van der Waals surface area (Å²) in [5.41, 5.74) is -0.362. The fourth-order valence-corrected chi connectivity index (χ4v) is 5.57. The number of carbonyl (C=O) groups excluding carboxylic acids is 4. The molecule has 2 aliphatic rings. The number of fused-ring (bicyclic) bond motifs is 2. The maximum atomic E-state index is 13.5. The molecule has 1 unspecified atom stereocenters. The fourth-order valence-electron chi connectivity index (χ4n) is 5.57. The van der Waals surface area contributed by atoms with Gasteiger partial charge in [0.15, 0.2) is 18.1 Å². The standard InChI is InChI=1S/C33H41F2N3O8/c1-3-44-31(42)33(18-22-10-11-22)19-23-12-13-26(43-2)27(17-23)45-20-29(40)36-14-16-38(15-6-9-28(39)37-21-33)30(41)24-7-4-5-8-25(24)46-32(34)35/h4-5,7-8,12-13,17,22,32H,3,6,9-11,14-16,18-21H2,1-2H3,(H,36,40)(H,37,39). The van der Waals surface area contributed by atoms with Crippen LogP contribution in [0.25, 0.3) is 0 Å². The lowest BCUT2D eigenvalue weighted by molar-refractivity contribution is -0.156. The van der Waals surface area contributed by atoms with Gasteiger partial charge in [0, 0.05) is 32.6 Å². The Kier molecular flexibility index (Phi) is 12.2. The molecule has 250 valence electrons. The number of methoxy groups -OCH3 is 1. The minimum absolute atomic E-state index is 0.0291. The molecule has 1 aliphatic carbocycles. The van der Waals surface area contributed by atoms with Crippen molar-refractivity contribution in [2.75, 3.05) is 46.5 Å². The number of carbonyl (C=O) groups is 4. The maximum absolute atomic E-state index is 13.5. The number of rotatable bonds is 8. The van der Waals surface area contributed by atoms with Crippen LogP contribution >= 0.6 is 0 Å². The summed E-state index contributed by atoms with van der Waals surface area (Å²) in [6, 6.07) is 10.9. The molecule has 2 aromatic carbocycles. The van der Waals surface area contributed by atoms with E-state index in [9.17, 15) is 28.0 Å². The zero-order chi connectivity index (χ0) is 33.1. The molecule has 11 nitrogen and oxygen atoms in total. The number of esters is 1. The maximum Gasteiger partial charge on any atom is 0.387 e. The summed E-state index contributed by atoms with van der Waals surface area (Å²) in [5.74, 6) is -1.03. The molecule has 3 amide bonds. The van der Waals surface area contributed by atoms with Crippen molar-refractivity contribution in [2.45, 2.75) is 52.1 Å². The summed E-state index contributed by atoms with van der Waals surface area (Å²) in [6.07, 6.45) is 3.03. The molecule has 2 bridgehead atoms. The van der Waals surface area contributed by atoms with Gasteiger partial charge in [0.25, 0.3) is 11.8 Å². The number of nitrogens with one attached hydrogen (secondary N) is 2. The topological polar surface area (TPSA) is 133 Å². The summed E-state index contributed by atoms with van der Waals surface area (Å²) >= 11 is 0. The molecule has 0 saturated heterocycles. The fraction of sp³-hybridized carbons (Fsp3) is 0.515. The van der Waals surface area contributed by atoms with Crippen LogP contribution in [0.1, 0.15) is 54.9 Å². The van der Waals surface area contributed by atoms with E-state index in [4.69, 9.17) is 14.2 Å². The van der Waals surface area contributed by atoms with Crippen LogP contribution < -0.4 is 24.8 Å². The normalized spacial score (nSPS) is 20.0. The van der Waals surface area contributed by atoms with Crippen molar-refractivity contribution < 1.29 is 46.9 Å². The highest BCUT2D eigenvalue weighted by atomic mass is 19.3. The molecule has 1 saturated carbocycles. The summed E-state index contributed by atoms with van der Waals surface area (Å²) in [5, 5.41) is 5.64. The zero-order valence-corrected chi connectivity index (χ0v) is 26.2. The molecule has 0 aromatic heterocycles. The first-order valence-corrected chi connectivity index (χ1v) is 15.5. The predicted octanol–water partition coefficient (Wildman–Crippen LogP) is 3.74. The van der Waals surface area contributed by atoms with Gasteiger partial charge >= 0.3 is 12.6 Å². The van der Waals surface area contributed by atoms with Crippen molar-refractivity contribution >= 4 is 23.7 Å². The van der Waals surface area contributed by atoms with Crippen LogP contribution in [0.15, 0.2) is 42.5 Å². The number of benzene rings is 2. The van der Waals surface area contributed by atoms with Crippen LogP contribution in [0, 0.1) is 11.3 Å². The van der Waals surface area contributed by atoms with E-state index in [0.29, 0.717) is 23.8 Å². The van der Waals surface area contributed by atoms with Crippen molar-refractivity contribution in [1.29, 1.82) is 0 Å². The van der Waals surface area contributed by atoms with Crippen LogP contribution in [0.3, 0.4) is 0 Å². The molecule has 46 heavy (non-hydrogen) atoms. The van der Waals surface area contributed by atoms with Crippen molar-refractivity contribution in [3.8, 4) is 17.2 Å². The van der Waals surface area contributed by atoms with Crippen LogP contribution in [0.4, 0.5) is 8.78 Å². The van der Waals surface area contributed by atoms with E-state index in [0.717, 1.165) is 18.4 Å². The molecule has 0 radical (unpaired) electrons. The molecular formula is C33H41F2N3O8. The summed E-state index contributed by atoms with van der Waals surface area (Å²) in [4.78, 5) is 54.2. The van der Waals surface area contributed by atoms with Gasteiger partial charge in [0.2, 0.25) is 5.91 Å². The minimum atomic E-state index is -3.13. The Morgan fingerprint density at radius 2 is 1.85 bits per heavy atom. The Balaban J connectivity index is 1.61. The van der Waals surface area contributed by atoms with Gasteiger partial charge in [-0.15, -0.1) is 0 Å². The molecule has 2 aromatic rings. The lowest BCUT2D eigenvalue weighted by atomic mass is 9.76. The van der Waals surface area contributed by atoms with E-state index in [1.807, 2.05) is 6.07 Å². The highest BCUT2D eigenvalue weighted by Gasteiger charge is 2.45. The number of hydrogen-bond donors (Lipinski definition) is 2. The molecule has 2 N–H and O–H groups in total. The van der Waals surface area contributed by atoms with Gasteiger partial charge in [-0.3, -0.25) is 19.2 Å². The third kappa shape index (κ3) is 9.54. The molecule has 1 fully saturated rings. The van der Waals surface area contributed by atoms with Crippen molar-refractivity contribution in [2.24, 2.45) is 11.3 Å². The minimum Gasteiger partial charge on any atom is -0.493 e. The number of alkyl halides is 2. The van der Waals surface area contributed by atoms with Crippen LogP contribution in [0.2, 0.25) is 0 Å². The van der Waals surface area contributed by atoms with Crippen LogP contribution in [0.5, 0.6) is 17.2 Å². The second-order valence-electron chi connectivity index (χ2n) is 11.5. The average Bonchev–Trinajstić information content (AvgIpc) is 3.85. The third-order valence-corrected chi connectivity index (χ3v) is 7.99. The molecule has 13 heteroatoms. The van der Waals surface area contributed by atoms with Gasteiger partial charge in [-0.2, -0.15) is 8.78 Å².